The van der Waals surface area contributed by atoms with E-state index in [4.69, 9.17) is 4.74 Å². The zero-order valence-electron chi connectivity index (χ0n) is 10.6. The van der Waals surface area contributed by atoms with Gasteiger partial charge in [-0.05, 0) is 31.0 Å². The fourth-order valence-corrected chi connectivity index (χ4v) is 1.84. The first-order chi connectivity index (χ1) is 8.74. The van der Waals surface area contributed by atoms with E-state index in [9.17, 15) is 5.11 Å². The van der Waals surface area contributed by atoms with Gasteiger partial charge in [-0.25, -0.2) is 4.98 Å². The number of hydrogen-bond acceptors (Lipinski definition) is 5. The summed E-state index contributed by atoms with van der Waals surface area (Å²) in [6.45, 7) is 2.65. The molecule has 0 aromatic carbocycles. The van der Waals surface area contributed by atoms with Crippen LogP contribution in [0.3, 0.4) is 0 Å². The van der Waals surface area contributed by atoms with E-state index in [2.05, 4.69) is 15.4 Å². The Morgan fingerprint density at radius 3 is 3.06 bits per heavy atom. The Morgan fingerprint density at radius 1 is 1.50 bits per heavy atom. The number of aryl methyl sites for hydroxylation is 1. The summed E-state index contributed by atoms with van der Waals surface area (Å²) in [7, 11) is 1.65. The normalized spacial score (nSPS) is 12.8. The van der Waals surface area contributed by atoms with Crippen LogP contribution in [0, 0.1) is 6.92 Å². The molecular formula is C12H18N4O2. The van der Waals surface area contributed by atoms with E-state index in [1.807, 2.05) is 19.1 Å². The molecule has 0 aliphatic heterocycles. The molecule has 98 valence electrons. The second kappa shape index (κ2) is 5.79. The number of anilines is 1. The van der Waals surface area contributed by atoms with Crippen LogP contribution in [0.2, 0.25) is 0 Å². The van der Waals surface area contributed by atoms with E-state index in [0.29, 0.717) is 6.61 Å². The molecule has 18 heavy (non-hydrogen) atoms. The van der Waals surface area contributed by atoms with Crippen LogP contribution in [0.1, 0.15) is 12.0 Å². The van der Waals surface area contributed by atoms with Gasteiger partial charge in [0.25, 0.3) is 0 Å². The van der Waals surface area contributed by atoms with E-state index in [-0.39, 0.29) is 12.6 Å². The Morgan fingerprint density at radius 2 is 2.33 bits per heavy atom. The highest BCUT2D eigenvalue weighted by Crippen LogP contribution is 2.14. The van der Waals surface area contributed by atoms with Crippen LogP contribution in [0.4, 0.5) is 5.82 Å². The van der Waals surface area contributed by atoms with Crippen molar-refractivity contribution in [3.8, 4) is 0 Å². The van der Waals surface area contributed by atoms with Gasteiger partial charge in [0.2, 0.25) is 0 Å². The first kappa shape index (κ1) is 12.8. The number of nitrogens with one attached hydrogen (secondary N) is 1. The van der Waals surface area contributed by atoms with Crippen LogP contribution < -0.4 is 5.32 Å². The van der Waals surface area contributed by atoms with Crippen LogP contribution in [0.25, 0.3) is 5.65 Å². The number of methoxy groups -OCH3 is 1. The smallest absolute Gasteiger partial charge is 0.157 e. The van der Waals surface area contributed by atoms with Crippen molar-refractivity contribution in [2.45, 2.75) is 19.4 Å². The largest absolute Gasteiger partial charge is 0.394 e. The van der Waals surface area contributed by atoms with Gasteiger partial charge in [0.1, 0.15) is 12.1 Å². The highest BCUT2D eigenvalue weighted by atomic mass is 16.5. The van der Waals surface area contributed by atoms with Crippen molar-refractivity contribution in [2.75, 3.05) is 25.6 Å². The fraction of sp³-hybridized carbons (Fsp3) is 0.500. The number of nitrogens with zero attached hydrogens (tertiary/aromatic N) is 3. The standard InChI is InChI=1S/C12H18N4O2/c1-9-5-11-13-8-14-16(11)12(6-9)15-10(7-17)3-4-18-2/h5-6,8,10,15,17H,3-4,7H2,1-2H3. The molecular weight excluding hydrogens is 232 g/mol. The van der Waals surface area contributed by atoms with Crippen molar-refractivity contribution in [3.63, 3.8) is 0 Å². The second-order valence-electron chi connectivity index (χ2n) is 4.25. The van der Waals surface area contributed by atoms with Gasteiger partial charge in [0, 0.05) is 13.7 Å². The number of fused-ring (bicyclic) bond motifs is 1. The Hall–Kier alpha value is -1.66. The molecule has 0 amide bonds. The molecule has 0 fully saturated rings. The number of aromatic nitrogens is 3. The zero-order valence-corrected chi connectivity index (χ0v) is 10.6. The quantitative estimate of drug-likeness (QED) is 0.795. The van der Waals surface area contributed by atoms with Crippen molar-refractivity contribution in [2.24, 2.45) is 0 Å². The number of pyridine rings is 1. The predicted molar refractivity (Wildman–Crippen MR) is 68.7 cm³/mol. The molecule has 0 saturated heterocycles. The molecule has 2 aromatic heterocycles. The molecule has 6 nitrogen and oxygen atoms in total. The van der Waals surface area contributed by atoms with Gasteiger partial charge in [0.15, 0.2) is 5.65 Å². The Labute approximate surface area is 106 Å². The molecule has 0 aliphatic carbocycles. The van der Waals surface area contributed by atoms with Crippen LogP contribution in [-0.2, 0) is 4.74 Å². The summed E-state index contributed by atoms with van der Waals surface area (Å²) < 4.78 is 6.75. The molecule has 0 spiro atoms. The SMILES string of the molecule is COCCC(CO)Nc1cc(C)cc2ncnn12. The lowest BCUT2D eigenvalue weighted by Gasteiger charge is -2.18. The summed E-state index contributed by atoms with van der Waals surface area (Å²) in [4.78, 5) is 4.16. The van der Waals surface area contributed by atoms with Crippen LogP contribution in [0.15, 0.2) is 18.5 Å². The number of aliphatic hydroxyl groups excluding tert-OH is 1. The average Bonchev–Trinajstić information content (AvgIpc) is 2.82. The summed E-state index contributed by atoms with van der Waals surface area (Å²) in [5.41, 5.74) is 1.89. The maximum Gasteiger partial charge on any atom is 0.157 e. The van der Waals surface area contributed by atoms with Gasteiger partial charge in [-0.15, -0.1) is 0 Å². The van der Waals surface area contributed by atoms with Gasteiger partial charge in [-0.3, -0.25) is 0 Å². The summed E-state index contributed by atoms with van der Waals surface area (Å²) in [6.07, 6.45) is 2.25. The van der Waals surface area contributed by atoms with E-state index in [1.165, 1.54) is 6.33 Å². The van der Waals surface area contributed by atoms with E-state index >= 15 is 0 Å². The Bertz CT molecular complexity index is 512. The summed E-state index contributed by atoms with van der Waals surface area (Å²) in [6, 6.07) is 3.89. The molecule has 6 heteroatoms. The number of aliphatic hydroxyl groups is 1. The fourth-order valence-electron chi connectivity index (χ4n) is 1.84. The third kappa shape index (κ3) is 2.77. The minimum absolute atomic E-state index is 0.0491. The summed E-state index contributed by atoms with van der Waals surface area (Å²) >= 11 is 0. The zero-order chi connectivity index (χ0) is 13.0. The molecule has 0 radical (unpaired) electrons. The summed E-state index contributed by atoms with van der Waals surface area (Å²) in [5.74, 6) is 0.831. The van der Waals surface area contributed by atoms with E-state index in [1.54, 1.807) is 11.6 Å². The highest BCUT2D eigenvalue weighted by molar-refractivity contribution is 5.51. The molecule has 1 unspecified atom stereocenters. The lowest BCUT2D eigenvalue weighted by atomic mass is 10.2. The van der Waals surface area contributed by atoms with Crippen molar-refractivity contribution < 1.29 is 9.84 Å². The minimum Gasteiger partial charge on any atom is -0.394 e. The van der Waals surface area contributed by atoms with Crippen molar-refractivity contribution in [1.29, 1.82) is 0 Å². The lowest BCUT2D eigenvalue weighted by molar-refractivity contribution is 0.174. The van der Waals surface area contributed by atoms with Crippen LogP contribution in [0.5, 0.6) is 0 Å². The molecule has 2 aromatic rings. The Kier molecular flexibility index (Phi) is 4.11. The molecule has 0 saturated carbocycles. The van der Waals surface area contributed by atoms with Crippen molar-refractivity contribution >= 4 is 11.5 Å². The number of rotatable bonds is 6. The second-order valence-corrected chi connectivity index (χ2v) is 4.25. The summed E-state index contributed by atoms with van der Waals surface area (Å²) in [5, 5.41) is 16.8. The molecule has 1 atom stereocenters. The predicted octanol–water partition coefficient (Wildman–Crippen LogP) is 0.847. The molecule has 2 N–H and O–H groups in total. The highest BCUT2D eigenvalue weighted by Gasteiger charge is 2.10. The average molecular weight is 250 g/mol. The minimum atomic E-state index is -0.0563. The topological polar surface area (TPSA) is 71.7 Å². The van der Waals surface area contributed by atoms with Crippen molar-refractivity contribution in [3.05, 3.63) is 24.0 Å². The monoisotopic (exact) mass is 250 g/mol. The van der Waals surface area contributed by atoms with Gasteiger partial charge in [-0.2, -0.15) is 9.61 Å². The molecule has 2 rings (SSSR count). The Balaban J connectivity index is 2.21. The molecule has 0 aliphatic rings. The third-order valence-electron chi connectivity index (χ3n) is 2.77. The molecule has 0 bridgehead atoms. The van der Waals surface area contributed by atoms with Crippen LogP contribution in [-0.4, -0.2) is 46.1 Å². The van der Waals surface area contributed by atoms with E-state index < -0.39 is 0 Å². The maximum atomic E-state index is 9.34. The lowest BCUT2D eigenvalue weighted by Crippen LogP contribution is -2.26. The van der Waals surface area contributed by atoms with Gasteiger partial charge >= 0.3 is 0 Å². The maximum absolute atomic E-state index is 9.34. The number of ether oxygens (including phenoxy) is 1. The van der Waals surface area contributed by atoms with Gasteiger partial charge in [-0.1, -0.05) is 0 Å². The van der Waals surface area contributed by atoms with Crippen LogP contribution >= 0.6 is 0 Å². The van der Waals surface area contributed by atoms with Gasteiger partial charge < -0.3 is 15.2 Å². The third-order valence-corrected chi connectivity index (χ3v) is 2.77. The first-order valence-electron chi connectivity index (χ1n) is 5.91. The van der Waals surface area contributed by atoms with Gasteiger partial charge in [0.05, 0.1) is 12.6 Å². The van der Waals surface area contributed by atoms with Crippen molar-refractivity contribution in [1.82, 2.24) is 14.6 Å². The first-order valence-corrected chi connectivity index (χ1v) is 5.91. The van der Waals surface area contributed by atoms with E-state index in [0.717, 1.165) is 23.4 Å². The number of hydrogen-bond donors (Lipinski definition) is 2. The molecule has 2 heterocycles.